The maximum Gasteiger partial charge on any atom is 0.224 e. The number of anilines is 1. The van der Waals surface area contributed by atoms with Crippen LogP contribution in [0.3, 0.4) is 0 Å². The minimum atomic E-state index is -3.23. The van der Waals surface area contributed by atoms with Crippen LogP contribution in [0.1, 0.15) is 51.5 Å². The third-order valence-electron chi connectivity index (χ3n) is 3.78. The summed E-state index contributed by atoms with van der Waals surface area (Å²) in [5.74, 6) is -0.0829. The zero-order chi connectivity index (χ0) is 18.7. The second kappa shape index (κ2) is 11.0. The molecule has 0 spiro atoms. The highest BCUT2D eigenvalue weighted by molar-refractivity contribution is 7.90. The third-order valence-corrected chi connectivity index (χ3v) is 5.63. The lowest BCUT2D eigenvalue weighted by molar-refractivity contribution is -0.116. The predicted molar refractivity (Wildman–Crippen MR) is 100.0 cm³/mol. The highest BCUT2D eigenvalue weighted by atomic mass is 32.2. The Kier molecular flexibility index (Phi) is 9.37. The van der Waals surface area contributed by atoms with Crippen molar-refractivity contribution in [3.05, 3.63) is 29.8 Å². The van der Waals surface area contributed by atoms with Gasteiger partial charge in [-0.15, -0.1) is 0 Å². The van der Waals surface area contributed by atoms with E-state index in [1.165, 1.54) is 0 Å². The number of aldehydes is 1. The molecule has 2 N–H and O–H groups in total. The highest BCUT2D eigenvalue weighted by Crippen LogP contribution is 2.12. The topological polar surface area (TPSA) is 92.3 Å². The summed E-state index contributed by atoms with van der Waals surface area (Å²) < 4.78 is 25.7. The number of carbonyl (C=O) groups excluding carboxylic acids is 2. The van der Waals surface area contributed by atoms with Crippen LogP contribution in [-0.4, -0.2) is 32.4 Å². The first kappa shape index (κ1) is 21.3. The summed E-state index contributed by atoms with van der Waals surface area (Å²) in [4.78, 5) is 22.2. The van der Waals surface area contributed by atoms with E-state index in [0.29, 0.717) is 32.2 Å². The molecule has 1 aromatic carbocycles. The molecule has 0 unspecified atom stereocenters. The van der Waals surface area contributed by atoms with Crippen LogP contribution in [0.2, 0.25) is 0 Å². The summed E-state index contributed by atoms with van der Waals surface area (Å²) in [7, 11) is -3.23. The Labute approximate surface area is 150 Å². The van der Waals surface area contributed by atoms with Crippen LogP contribution in [0.4, 0.5) is 5.69 Å². The quantitative estimate of drug-likeness (QED) is 0.438. The minimum Gasteiger partial charge on any atom is -0.326 e. The predicted octanol–water partition coefficient (Wildman–Crippen LogP) is 2.64. The average molecular weight is 368 g/mol. The number of benzene rings is 1. The lowest BCUT2D eigenvalue weighted by Crippen LogP contribution is -2.31. The molecule has 6 nitrogen and oxygen atoms in total. The molecule has 0 aliphatic rings. The molecule has 0 atom stereocenters. The molecule has 1 rings (SSSR count). The van der Waals surface area contributed by atoms with Crippen molar-refractivity contribution in [3.63, 3.8) is 0 Å². The maximum absolute atomic E-state index is 11.9. The van der Waals surface area contributed by atoms with E-state index in [2.05, 4.69) is 10.0 Å². The first-order valence-corrected chi connectivity index (χ1v) is 10.2. The molecule has 0 heterocycles. The summed E-state index contributed by atoms with van der Waals surface area (Å²) in [5, 5.41) is 2.38. The summed E-state index contributed by atoms with van der Waals surface area (Å²) in [6.07, 6.45) is 4.75. The molecule has 0 fully saturated rings. The lowest BCUT2D eigenvalue weighted by atomic mass is 10.1. The van der Waals surface area contributed by atoms with Crippen molar-refractivity contribution in [2.75, 3.05) is 11.9 Å². The fraction of sp³-hybridized carbons (Fsp3) is 0.556. The lowest BCUT2D eigenvalue weighted by Gasteiger charge is -2.09. The van der Waals surface area contributed by atoms with Crippen LogP contribution >= 0.6 is 0 Å². The molecule has 7 heteroatoms. The Morgan fingerprint density at radius 2 is 1.80 bits per heavy atom. The number of hydrogen-bond acceptors (Lipinski definition) is 4. The second-order valence-electron chi connectivity index (χ2n) is 6.25. The number of sulfonamides is 1. The van der Waals surface area contributed by atoms with Crippen LogP contribution < -0.4 is 10.0 Å². The SMILES string of the molecule is CC(C)S(=O)(=O)NCCCCC(=O)Nc1ccc(CCCC=O)cc1. The van der Waals surface area contributed by atoms with Gasteiger partial charge in [0.2, 0.25) is 15.9 Å². The van der Waals surface area contributed by atoms with Gasteiger partial charge in [0.15, 0.2) is 0 Å². The van der Waals surface area contributed by atoms with Gasteiger partial charge in [0.25, 0.3) is 0 Å². The van der Waals surface area contributed by atoms with E-state index in [4.69, 9.17) is 0 Å². The normalized spacial score (nSPS) is 11.5. The molecule has 1 amide bonds. The number of nitrogens with one attached hydrogen (secondary N) is 2. The average Bonchev–Trinajstić information content (AvgIpc) is 2.56. The monoisotopic (exact) mass is 368 g/mol. The molecule has 0 saturated heterocycles. The molecule has 25 heavy (non-hydrogen) atoms. The molecule has 0 bridgehead atoms. The van der Waals surface area contributed by atoms with Crippen LogP contribution in [0.15, 0.2) is 24.3 Å². The molecule has 0 saturated carbocycles. The zero-order valence-electron chi connectivity index (χ0n) is 15.0. The van der Waals surface area contributed by atoms with Crippen molar-refractivity contribution >= 4 is 27.9 Å². The summed E-state index contributed by atoms with van der Waals surface area (Å²) in [6.45, 7) is 3.61. The van der Waals surface area contributed by atoms with Gasteiger partial charge < -0.3 is 10.1 Å². The van der Waals surface area contributed by atoms with Gasteiger partial charge in [0.1, 0.15) is 6.29 Å². The fourth-order valence-corrected chi connectivity index (χ4v) is 2.92. The van der Waals surface area contributed by atoms with Crippen molar-refractivity contribution < 1.29 is 18.0 Å². The molecule has 0 aliphatic carbocycles. The number of carbonyl (C=O) groups is 2. The van der Waals surface area contributed by atoms with Crippen molar-refractivity contribution in [1.82, 2.24) is 4.72 Å². The van der Waals surface area contributed by atoms with Gasteiger partial charge in [-0.25, -0.2) is 13.1 Å². The van der Waals surface area contributed by atoms with E-state index in [0.717, 1.165) is 30.4 Å². The molecule has 1 aromatic rings. The molecule has 140 valence electrons. The van der Waals surface area contributed by atoms with Gasteiger partial charge in [0.05, 0.1) is 5.25 Å². The fourth-order valence-electron chi connectivity index (χ4n) is 2.16. The number of amides is 1. The van der Waals surface area contributed by atoms with E-state index in [9.17, 15) is 18.0 Å². The molecule has 0 aromatic heterocycles. The van der Waals surface area contributed by atoms with E-state index >= 15 is 0 Å². The number of rotatable bonds is 12. The van der Waals surface area contributed by atoms with E-state index in [1.807, 2.05) is 24.3 Å². The number of unbranched alkanes of at least 4 members (excludes halogenated alkanes) is 2. The van der Waals surface area contributed by atoms with E-state index in [-0.39, 0.29) is 5.91 Å². The van der Waals surface area contributed by atoms with Crippen molar-refractivity contribution in [2.45, 2.75) is 57.6 Å². The van der Waals surface area contributed by atoms with Crippen molar-refractivity contribution in [2.24, 2.45) is 0 Å². The van der Waals surface area contributed by atoms with Gasteiger partial charge in [-0.3, -0.25) is 4.79 Å². The smallest absolute Gasteiger partial charge is 0.224 e. The van der Waals surface area contributed by atoms with Gasteiger partial charge >= 0.3 is 0 Å². The van der Waals surface area contributed by atoms with Gasteiger partial charge in [-0.2, -0.15) is 0 Å². The standard InChI is InChI=1S/C18H28N2O4S/c1-15(2)25(23,24)19-13-5-3-8-18(22)20-17-11-9-16(10-12-17)7-4-6-14-21/h9-12,14-15,19H,3-8,13H2,1-2H3,(H,20,22). The molecule has 0 radical (unpaired) electrons. The Morgan fingerprint density at radius 1 is 1.12 bits per heavy atom. The second-order valence-corrected chi connectivity index (χ2v) is 8.57. The van der Waals surface area contributed by atoms with Crippen molar-refractivity contribution in [1.29, 1.82) is 0 Å². The van der Waals surface area contributed by atoms with Gasteiger partial charge in [0, 0.05) is 25.1 Å². The van der Waals surface area contributed by atoms with E-state index in [1.54, 1.807) is 13.8 Å². The van der Waals surface area contributed by atoms with Gasteiger partial charge in [-0.05, 0) is 57.2 Å². The summed E-state index contributed by atoms with van der Waals surface area (Å²) in [5.41, 5.74) is 1.88. The van der Waals surface area contributed by atoms with Crippen LogP contribution in [0.25, 0.3) is 0 Å². The Balaban J connectivity index is 2.25. The first-order valence-electron chi connectivity index (χ1n) is 8.66. The Bertz CT molecular complexity index is 640. The van der Waals surface area contributed by atoms with Crippen LogP contribution in [-0.2, 0) is 26.0 Å². The maximum atomic E-state index is 11.9. The first-order chi connectivity index (χ1) is 11.8. The Hall–Kier alpha value is -1.73. The molecular formula is C18H28N2O4S. The van der Waals surface area contributed by atoms with Crippen molar-refractivity contribution in [3.8, 4) is 0 Å². The number of hydrogen-bond donors (Lipinski definition) is 2. The van der Waals surface area contributed by atoms with Crippen LogP contribution in [0.5, 0.6) is 0 Å². The molecular weight excluding hydrogens is 340 g/mol. The minimum absolute atomic E-state index is 0.0829. The summed E-state index contributed by atoms with van der Waals surface area (Å²) >= 11 is 0. The Morgan fingerprint density at radius 3 is 2.40 bits per heavy atom. The van der Waals surface area contributed by atoms with Crippen LogP contribution in [0, 0.1) is 0 Å². The highest BCUT2D eigenvalue weighted by Gasteiger charge is 2.14. The molecule has 0 aliphatic heterocycles. The van der Waals surface area contributed by atoms with E-state index < -0.39 is 15.3 Å². The summed E-state index contributed by atoms with van der Waals surface area (Å²) in [6, 6.07) is 7.60. The largest absolute Gasteiger partial charge is 0.326 e. The third kappa shape index (κ3) is 8.79. The zero-order valence-corrected chi connectivity index (χ0v) is 15.8. The van der Waals surface area contributed by atoms with Gasteiger partial charge in [-0.1, -0.05) is 12.1 Å². The number of aryl methyl sites for hydroxylation is 1.